The highest BCUT2D eigenvalue weighted by atomic mass is 16.6. The molecule has 2 aliphatic heterocycles. The van der Waals surface area contributed by atoms with Crippen molar-refractivity contribution in [3.63, 3.8) is 0 Å². The van der Waals surface area contributed by atoms with Crippen molar-refractivity contribution in [1.82, 2.24) is 30.0 Å². The summed E-state index contributed by atoms with van der Waals surface area (Å²) < 4.78 is 7.33. The monoisotopic (exact) mass is 550 g/mol. The van der Waals surface area contributed by atoms with Crippen molar-refractivity contribution in [1.29, 1.82) is 0 Å². The van der Waals surface area contributed by atoms with Gasteiger partial charge in [-0.1, -0.05) is 45.4 Å². The molecule has 0 saturated heterocycles. The average Bonchev–Trinajstić information content (AvgIpc) is 3.55. The fraction of sp³-hybridized carbons (Fsp3) is 0.500. The molecule has 216 valence electrons. The SMILES string of the molecule is C=C(/C=C\C=C(/C)c1nnc2n1CCC2)NC(=O)c1cc2c(cn1)CCN(C(=O)OCC(C)(C)O)C2.CCCC. The highest BCUT2D eigenvalue weighted by Gasteiger charge is 2.25. The molecule has 0 radical (unpaired) electrons. The van der Waals surface area contributed by atoms with E-state index in [0.29, 0.717) is 25.2 Å². The standard InChI is InChI=1S/C26H32N6O4.C4H10/c1-17(23-30-29-22-9-6-11-32(22)23)7-5-8-18(2)28-24(33)21-13-20-15-31(12-10-19(20)14-27-21)25(34)36-16-26(3,4)35;1-3-4-2/h5,7-8,13-14,35H,2,6,9-12,15-16H2,1,3-4H3,(H,28,33);3-4H2,1-2H3/b8-5-,17-7+;. The van der Waals surface area contributed by atoms with Gasteiger partial charge in [-0.05, 0) is 62.5 Å². The summed E-state index contributed by atoms with van der Waals surface area (Å²) in [6.07, 6.45) is 11.9. The molecule has 40 heavy (non-hydrogen) atoms. The summed E-state index contributed by atoms with van der Waals surface area (Å²) in [5, 5.41) is 21.0. The maximum Gasteiger partial charge on any atom is 0.410 e. The van der Waals surface area contributed by atoms with Gasteiger partial charge in [0.15, 0.2) is 5.82 Å². The van der Waals surface area contributed by atoms with Crippen LogP contribution in [0.5, 0.6) is 0 Å². The molecular weight excluding hydrogens is 508 g/mol. The van der Waals surface area contributed by atoms with Gasteiger partial charge in [-0.15, -0.1) is 10.2 Å². The molecule has 0 atom stereocenters. The molecule has 2 aromatic rings. The lowest BCUT2D eigenvalue weighted by Gasteiger charge is -2.29. The van der Waals surface area contributed by atoms with E-state index in [9.17, 15) is 14.7 Å². The van der Waals surface area contributed by atoms with Gasteiger partial charge < -0.3 is 24.6 Å². The molecule has 0 spiro atoms. The highest BCUT2D eigenvalue weighted by Crippen LogP contribution is 2.21. The molecule has 0 saturated carbocycles. The van der Waals surface area contributed by atoms with Crippen LogP contribution in [0.4, 0.5) is 4.79 Å². The Kier molecular flexibility index (Phi) is 10.8. The molecule has 2 N–H and O–H groups in total. The van der Waals surface area contributed by atoms with E-state index in [4.69, 9.17) is 4.74 Å². The second-order valence-electron chi connectivity index (χ2n) is 10.8. The first kappa shape index (κ1) is 30.7. The molecule has 2 aromatic heterocycles. The number of nitrogens with one attached hydrogen (secondary N) is 1. The van der Waals surface area contributed by atoms with Crippen molar-refractivity contribution in [3.05, 3.63) is 71.2 Å². The van der Waals surface area contributed by atoms with Gasteiger partial charge in [0.05, 0.1) is 5.60 Å². The smallest absolute Gasteiger partial charge is 0.410 e. The zero-order chi connectivity index (χ0) is 29.3. The number of rotatable bonds is 8. The second kappa shape index (κ2) is 14.0. The number of allylic oxidation sites excluding steroid dienone is 4. The topological polar surface area (TPSA) is 122 Å². The third kappa shape index (κ3) is 8.61. The van der Waals surface area contributed by atoms with Crippen molar-refractivity contribution in [3.8, 4) is 0 Å². The lowest BCUT2D eigenvalue weighted by Crippen LogP contribution is -2.39. The predicted molar refractivity (Wildman–Crippen MR) is 154 cm³/mol. The van der Waals surface area contributed by atoms with Gasteiger partial charge in [-0.2, -0.15) is 0 Å². The van der Waals surface area contributed by atoms with Gasteiger partial charge in [0.25, 0.3) is 5.91 Å². The normalized spacial score (nSPS) is 14.8. The molecule has 0 fully saturated rings. The van der Waals surface area contributed by atoms with Crippen molar-refractivity contribution in [2.75, 3.05) is 13.2 Å². The summed E-state index contributed by atoms with van der Waals surface area (Å²) in [7, 11) is 0. The zero-order valence-corrected chi connectivity index (χ0v) is 24.4. The summed E-state index contributed by atoms with van der Waals surface area (Å²) in [4.78, 5) is 30.9. The zero-order valence-electron chi connectivity index (χ0n) is 24.4. The van der Waals surface area contributed by atoms with Gasteiger partial charge in [0.1, 0.15) is 18.1 Å². The molecule has 4 heterocycles. The van der Waals surface area contributed by atoms with Crippen LogP contribution in [0.3, 0.4) is 0 Å². The fourth-order valence-electron chi connectivity index (χ4n) is 4.12. The van der Waals surface area contributed by atoms with E-state index in [1.54, 1.807) is 37.1 Å². The number of unbranched alkanes of at least 4 members (excludes halogenated alkanes) is 1. The van der Waals surface area contributed by atoms with E-state index in [2.05, 4.69) is 45.5 Å². The quantitative estimate of drug-likeness (QED) is 0.461. The van der Waals surface area contributed by atoms with Crippen LogP contribution in [-0.4, -0.2) is 60.5 Å². The third-order valence-electron chi connectivity index (χ3n) is 6.51. The van der Waals surface area contributed by atoms with E-state index in [1.165, 1.54) is 12.8 Å². The van der Waals surface area contributed by atoms with Crippen LogP contribution in [0.2, 0.25) is 0 Å². The first-order chi connectivity index (χ1) is 19.0. The Labute approximate surface area is 236 Å². The van der Waals surface area contributed by atoms with Gasteiger partial charge in [0, 0.05) is 37.9 Å². The third-order valence-corrected chi connectivity index (χ3v) is 6.51. The maximum absolute atomic E-state index is 12.7. The van der Waals surface area contributed by atoms with Crippen LogP contribution in [0, 0.1) is 0 Å². The summed E-state index contributed by atoms with van der Waals surface area (Å²) in [6, 6.07) is 1.69. The summed E-state index contributed by atoms with van der Waals surface area (Å²) in [5.74, 6) is 1.49. The van der Waals surface area contributed by atoms with E-state index in [-0.39, 0.29) is 18.2 Å². The Morgan fingerprint density at radius 3 is 2.62 bits per heavy atom. The number of aromatic nitrogens is 4. The molecule has 0 unspecified atom stereocenters. The lowest BCUT2D eigenvalue weighted by atomic mass is 10.0. The van der Waals surface area contributed by atoms with Crippen LogP contribution in [-0.2, 0) is 30.7 Å². The molecule has 0 bridgehead atoms. The largest absolute Gasteiger partial charge is 0.446 e. The van der Waals surface area contributed by atoms with Gasteiger partial charge in [-0.3, -0.25) is 9.78 Å². The summed E-state index contributed by atoms with van der Waals surface area (Å²) in [5.41, 5.74) is 2.36. The van der Waals surface area contributed by atoms with Gasteiger partial charge >= 0.3 is 6.09 Å². The van der Waals surface area contributed by atoms with Crippen LogP contribution in [0.1, 0.15) is 87.1 Å². The van der Waals surface area contributed by atoms with E-state index in [0.717, 1.165) is 47.7 Å². The molecule has 4 rings (SSSR count). The Morgan fingerprint density at radius 1 is 1.18 bits per heavy atom. The van der Waals surface area contributed by atoms with E-state index in [1.807, 2.05) is 19.1 Å². The van der Waals surface area contributed by atoms with Crippen LogP contribution < -0.4 is 5.32 Å². The van der Waals surface area contributed by atoms with Crippen molar-refractivity contribution in [2.45, 2.75) is 85.4 Å². The first-order valence-corrected chi connectivity index (χ1v) is 13.9. The Bertz CT molecular complexity index is 1270. The minimum Gasteiger partial charge on any atom is -0.446 e. The predicted octanol–water partition coefficient (Wildman–Crippen LogP) is 4.59. The van der Waals surface area contributed by atoms with Gasteiger partial charge in [-0.25, -0.2) is 4.79 Å². The van der Waals surface area contributed by atoms with E-state index < -0.39 is 11.7 Å². The maximum atomic E-state index is 12.7. The molecule has 10 heteroatoms. The van der Waals surface area contributed by atoms with Crippen molar-refractivity contribution < 1.29 is 19.4 Å². The number of aryl methyl sites for hydroxylation is 1. The summed E-state index contributed by atoms with van der Waals surface area (Å²) >= 11 is 0. The minimum absolute atomic E-state index is 0.0925. The second-order valence-corrected chi connectivity index (χ2v) is 10.8. The first-order valence-electron chi connectivity index (χ1n) is 13.9. The lowest BCUT2D eigenvalue weighted by molar-refractivity contribution is -0.00487. The van der Waals surface area contributed by atoms with Crippen molar-refractivity contribution in [2.24, 2.45) is 0 Å². The molecule has 2 amide bonds. The number of nitrogens with zero attached hydrogens (tertiary/aromatic N) is 5. The van der Waals surface area contributed by atoms with E-state index >= 15 is 0 Å². The van der Waals surface area contributed by atoms with Crippen LogP contribution >= 0.6 is 0 Å². The number of fused-ring (bicyclic) bond motifs is 2. The molecule has 10 nitrogen and oxygen atoms in total. The Balaban J connectivity index is 0.00000103. The molecule has 2 aliphatic rings. The van der Waals surface area contributed by atoms with Crippen LogP contribution in [0.25, 0.3) is 5.57 Å². The fourth-order valence-corrected chi connectivity index (χ4v) is 4.12. The molecule has 0 aromatic carbocycles. The number of pyridine rings is 1. The number of hydrogen-bond acceptors (Lipinski definition) is 7. The molecular formula is C30H42N6O4. The Morgan fingerprint density at radius 2 is 1.93 bits per heavy atom. The summed E-state index contributed by atoms with van der Waals surface area (Å²) in [6.45, 7) is 15.0. The number of aliphatic hydroxyl groups is 1. The number of amides is 2. The molecule has 0 aliphatic carbocycles. The number of carbonyl (C=O) groups excluding carboxylic acids is 2. The minimum atomic E-state index is -1.10. The van der Waals surface area contributed by atoms with Crippen LogP contribution in [0.15, 0.2) is 42.8 Å². The number of ether oxygens (including phenoxy) is 1. The Hall–Kier alpha value is -3.79. The van der Waals surface area contributed by atoms with Gasteiger partial charge in [0.2, 0.25) is 0 Å². The number of carbonyl (C=O) groups is 2. The average molecular weight is 551 g/mol. The highest BCUT2D eigenvalue weighted by molar-refractivity contribution is 5.94. The van der Waals surface area contributed by atoms with Crippen molar-refractivity contribution >= 4 is 17.6 Å². The number of hydrogen-bond donors (Lipinski definition) is 2.